The van der Waals surface area contributed by atoms with E-state index in [9.17, 15) is 5.11 Å². The molecule has 16 heavy (non-hydrogen) atoms. The number of nitrogens with one attached hydrogen (secondary N) is 1. The molecule has 0 fully saturated rings. The van der Waals surface area contributed by atoms with Gasteiger partial charge in [-0.2, -0.15) is 0 Å². The Morgan fingerprint density at radius 3 is 3.12 bits per heavy atom. The molecule has 2 N–H and O–H groups in total. The van der Waals surface area contributed by atoms with Crippen LogP contribution < -0.4 is 5.32 Å². The van der Waals surface area contributed by atoms with Crippen molar-refractivity contribution in [2.24, 2.45) is 4.99 Å². The summed E-state index contributed by atoms with van der Waals surface area (Å²) in [7, 11) is 0. The van der Waals surface area contributed by atoms with Gasteiger partial charge in [0.25, 0.3) is 0 Å². The van der Waals surface area contributed by atoms with Gasteiger partial charge in [0.15, 0.2) is 5.96 Å². The van der Waals surface area contributed by atoms with Crippen molar-refractivity contribution in [2.45, 2.75) is 13.5 Å². The van der Waals surface area contributed by atoms with Crippen molar-refractivity contribution in [3.8, 4) is 5.75 Å². The first kappa shape index (κ1) is 10.8. The van der Waals surface area contributed by atoms with Gasteiger partial charge in [0.05, 0.1) is 6.54 Å². The van der Waals surface area contributed by atoms with E-state index in [0.717, 1.165) is 31.2 Å². The molecule has 0 amide bonds. The molecule has 0 unspecified atom stereocenters. The molecule has 0 radical (unpaired) electrons. The number of nitrogens with zero attached hydrogens (tertiary/aromatic N) is 2. The van der Waals surface area contributed by atoms with E-state index in [-0.39, 0.29) is 0 Å². The van der Waals surface area contributed by atoms with Gasteiger partial charge in [-0.15, -0.1) is 0 Å². The minimum Gasteiger partial charge on any atom is -0.508 e. The molecular formula is C12H17N3O. The van der Waals surface area contributed by atoms with Gasteiger partial charge in [0.2, 0.25) is 0 Å². The molecule has 0 aromatic heterocycles. The normalized spacial score (nSPS) is 15.1. The quantitative estimate of drug-likeness (QED) is 0.802. The van der Waals surface area contributed by atoms with E-state index in [2.05, 4.69) is 22.1 Å². The van der Waals surface area contributed by atoms with E-state index in [0.29, 0.717) is 12.3 Å². The summed E-state index contributed by atoms with van der Waals surface area (Å²) >= 11 is 0. The van der Waals surface area contributed by atoms with Crippen LogP contribution in [0.5, 0.6) is 5.75 Å². The molecule has 86 valence electrons. The number of hydrogen-bond acceptors (Lipinski definition) is 4. The Balaban J connectivity index is 1.92. The van der Waals surface area contributed by atoms with Gasteiger partial charge in [0.1, 0.15) is 5.75 Å². The lowest BCUT2D eigenvalue weighted by atomic mass is 10.2. The van der Waals surface area contributed by atoms with Crippen LogP contribution in [-0.4, -0.2) is 35.6 Å². The molecule has 0 spiro atoms. The highest BCUT2D eigenvalue weighted by Gasteiger charge is 2.13. The lowest BCUT2D eigenvalue weighted by Gasteiger charge is -2.18. The molecule has 4 heteroatoms. The minimum atomic E-state index is 0.306. The molecule has 1 aromatic carbocycles. The first-order valence-corrected chi connectivity index (χ1v) is 5.61. The molecule has 1 aromatic rings. The van der Waals surface area contributed by atoms with E-state index in [1.807, 2.05) is 12.1 Å². The topological polar surface area (TPSA) is 47.9 Å². The molecule has 0 saturated carbocycles. The minimum absolute atomic E-state index is 0.306. The highest BCUT2D eigenvalue weighted by molar-refractivity contribution is 5.81. The second-order valence-electron chi connectivity index (χ2n) is 3.81. The Morgan fingerprint density at radius 2 is 2.38 bits per heavy atom. The van der Waals surface area contributed by atoms with Crippen molar-refractivity contribution in [1.82, 2.24) is 10.2 Å². The maximum atomic E-state index is 9.33. The number of hydrogen-bond donors (Lipinski definition) is 2. The van der Waals surface area contributed by atoms with Crippen molar-refractivity contribution in [3.63, 3.8) is 0 Å². The molecular weight excluding hydrogens is 202 g/mol. The summed E-state index contributed by atoms with van der Waals surface area (Å²) in [6.07, 6.45) is 0. The summed E-state index contributed by atoms with van der Waals surface area (Å²) in [4.78, 5) is 6.61. The van der Waals surface area contributed by atoms with Gasteiger partial charge < -0.3 is 15.3 Å². The molecule has 1 aliphatic heterocycles. The van der Waals surface area contributed by atoms with Crippen LogP contribution in [0.4, 0.5) is 0 Å². The van der Waals surface area contributed by atoms with E-state index in [1.165, 1.54) is 0 Å². The van der Waals surface area contributed by atoms with Gasteiger partial charge in [-0.1, -0.05) is 12.1 Å². The summed E-state index contributed by atoms with van der Waals surface area (Å²) in [5.41, 5.74) is 1.06. The molecule has 0 saturated heterocycles. The predicted molar refractivity (Wildman–Crippen MR) is 64.5 cm³/mol. The van der Waals surface area contributed by atoms with E-state index < -0.39 is 0 Å². The third-order valence-corrected chi connectivity index (χ3v) is 2.67. The summed E-state index contributed by atoms with van der Waals surface area (Å²) in [5, 5.41) is 12.6. The van der Waals surface area contributed by atoms with Crippen LogP contribution in [0.3, 0.4) is 0 Å². The monoisotopic (exact) mass is 219 g/mol. The Labute approximate surface area is 95.6 Å². The van der Waals surface area contributed by atoms with Crippen molar-refractivity contribution in [3.05, 3.63) is 29.8 Å². The number of likely N-dealkylation sites (N-methyl/N-ethyl adjacent to an activating group) is 1. The lowest BCUT2D eigenvalue weighted by Crippen LogP contribution is -2.37. The largest absolute Gasteiger partial charge is 0.508 e. The molecule has 1 aliphatic rings. The van der Waals surface area contributed by atoms with Crippen LogP contribution in [0.1, 0.15) is 12.5 Å². The zero-order valence-corrected chi connectivity index (χ0v) is 9.48. The van der Waals surface area contributed by atoms with Crippen LogP contribution in [0, 0.1) is 0 Å². The van der Waals surface area contributed by atoms with Gasteiger partial charge >= 0.3 is 0 Å². The standard InChI is InChI=1S/C12H17N3O/c1-2-15-7-6-13-12(15)14-9-10-4-3-5-11(16)8-10/h3-5,8,16H,2,6-7,9H2,1H3,(H,13,14). The van der Waals surface area contributed by atoms with Crippen molar-refractivity contribution in [1.29, 1.82) is 0 Å². The van der Waals surface area contributed by atoms with Crippen LogP contribution in [0.2, 0.25) is 0 Å². The third-order valence-electron chi connectivity index (χ3n) is 2.67. The smallest absolute Gasteiger partial charge is 0.194 e. The SMILES string of the molecule is CCN1CCN=C1NCc1cccc(O)c1. The highest BCUT2D eigenvalue weighted by atomic mass is 16.3. The van der Waals surface area contributed by atoms with Gasteiger partial charge in [0, 0.05) is 19.6 Å². The average Bonchev–Trinajstić information content (AvgIpc) is 2.74. The second-order valence-corrected chi connectivity index (χ2v) is 3.81. The lowest BCUT2D eigenvalue weighted by molar-refractivity contribution is 0.465. The first-order valence-electron chi connectivity index (χ1n) is 5.61. The van der Waals surface area contributed by atoms with Gasteiger partial charge in [-0.05, 0) is 24.6 Å². The third kappa shape index (κ3) is 2.45. The van der Waals surface area contributed by atoms with Crippen molar-refractivity contribution in [2.75, 3.05) is 19.6 Å². The van der Waals surface area contributed by atoms with Crippen molar-refractivity contribution < 1.29 is 5.11 Å². The number of aromatic hydroxyl groups is 1. The maximum absolute atomic E-state index is 9.33. The summed E-state index contributed by atoms with van der Waals surface area (Å²) in [6.45, 7) is 5.67. The molecule has 4 nitrogen and oxygen atoms in total. The van der Waals surface area contributed by atoms with Crippen LogP contribution in [0.25, 0.3) is 0 Å². The fourth-order valence-electron chi connectivity index (χ4n) is 1.81. The summed E-state index contributed by atoms with van der Waals surface area (Å²) < 4.78 is 0. The number of benzene rings is 1. The van der Waals surface area contributed by atoms with E-state index in [1.54, 1.807) is 12.1 Å². The fraction of sp³-hybridized carbons (Fsp3) is 0.417. The molecule has 0 aliphatic carbocycles. The van der Waals surface area contributed by atoms with Crippen LogP contribution >= 0.6 is 0 Å². The second kappa shape index (κ2) is 4.88. The summed E-state index contributed by atoms with van der Waals surface area (Å²) in [6, 6.07) is 7.27. The van der Waals surface area contributed by atoms with E-state index in [4.69, 9.17) is 0 Å². The van der Waals surface area contributed by atoms with Crippen LogP contribution in [0.15, 0.2) is 29.3 Å². The number of phenols is 1. The maximum Gasteiger partial charge on any atom is 0.194 e. The fourth-order valence-corrected chi connectivity index (χ4v) is 1.81. The van der Waals surface area contributed by atoms with Crippen LogP contribution in [-0.2, 0) is 6.54 Å². The number of rotatable bonds is 3. The Kier molecular flexibility index (Phi) is 3.29. The molecule has 2 rings (SSSR count). The zero-order valence-electron chi connectivity index (χ0n) is 9.48. The van der Waals surface area contributed by atoms with Gasteiger partial charge in [-0.25, -0.2) is 0 Å². The zero-order chi connectivity index (χ0) is 11.4. The molecule has 0 bridgehead atoms. The predicted octanol–water partition coefficient (Wildman–Crippen LogP) is 1.17. The number of aliphatic imine (C=N–C) groups is 1. The molecule has 0 atom stereocenters. The highest BCUT2D eigenvalue weighted by Crippen LogP contribution is 2.10. The average molecular weight is 219 g/mol. The number of guanidine groups is 1. The van der Waals surface area contributed by atoms with E-state index >= 15 is 0 Å². The summed E-state index contributed by atoms with van der Waals surface area (Å²) in [5.74, 6) is 1.27. The van der Waals surface area contributed by atoms with Crippen molar-refractivity contribution >= 4 is 5.96 Å². The number of phenolic OH excluding ortho intramolecular Hbond substituents is 1. The Hall–Kier alpha value is -1.71. The Bertz CT molecular complexity index is 390. The first-order chi connectivity index (χ1) is 7.79. The molecule has 1 heterocycles. The Morgan fingerprint density at radius 1 is 1.50 bits per heavy atom. The van der Waals surface area contributed by atoms with Gasteiger partial charge in [-0.3, -0.25) is 4.99 Å².